The molecule has 2 heterocycles. The number of rotatable bonds is 5. The number of hydrogen-bond donors (Lipinski definition) is 1. The van der Waals surface area contributed by atoms with Gasteiger partial charge in [-0.3, -0.25) is 4.98 Å². The summed E-state index contributed by atoms with van der Waals surface area (Å²) >= 11 is 0. The molecule has 0 saturated heterocycles. The smallest absolute Gasteiger partial charge is 0.137 e. The molecule has 146 valence electrons. The van der Waals surface area contributed by atoms with Crippen molar-refractivity contribution >= 4 is 16.7 Å². The normalized spacial score (nSPS) is 19.7. The molecule has 3 aromatic rings. The largest absolute Gasteiger partial charge is 0.496 e. The summed E-state index contributed by atoms with van der Waals surface area (Å²) in [5.41, 5.74) is 2.95. The molecule has 1 saturated carbocycles. The summed E-state index contributed by atoms with van der Waals surface area (Å²) in [5, 5.41) is 4.70. The molecule has 28 heavy (non-hydrogen) atoms. The van der Waals surface area contributed by atoms with Gasteiger partial charge < -0.3 is 15.0 Å². The molecule has 1 aliphatic carbocycles. The van der Waals surface area contributed by atoms with Gasteiger partial charge in [-0.05, 0) is 63.5 Å². The molecule has 2 aromatic heterocycles. The van der Waals surface area contributed by atoms with Gasteiger partial charge in [-0.1, -0.05) is 6.07 Å². The van der Waals surface area contributed by atoms with Crippen molar-refractivity contribution in [2.45, 2.75) is 37.8 Å². The highest BCUT2D eigenvalue weighted by Gasteiger charge is 2.23. The number of nitrogens with one attached hydrogen (secondary N) is 1. The maximum Gasteiger partial charge on any atom is 0.137 e. The number of methoxy groups -OCH3 is 1. The van der Waals surface area contributed by atoms with Crippen molar-refractivity contribution in [2.75, 3.05) is 26.5 Å². The Morgan fingerprint density at radius 1 is 1.07 bits per heavy atom. The Morgan fingerprint density at radius 3 is 2.64 bits per heavy atom. The Bertz CT molecular complexity index is 951. The van der Waals surface area contributed by atoms with Crippen LogP contribution in [0.25, 0.3) is 22.0 Å². The first-order valence-corrected chi connectivity index (χ1v) is 9.82. The first kappa shape index (κ1) is 18.6. The Hall–Kier alpha value is -2.73. The first-order chi connectivity index (χ1) is 13.7. The van der Waals surface area contributed by atoms with Crippen molar-refractivity contribution in [3.8, 4) is 16.9 Å². The summed E-state index contributed by atoms with van der Waals surface area (Å²) in [7, 11) is 6.02. The van der Waals surface area contributed by atoms with Crippen molar-refractivity contribution in [3.63, 3.8) is 0 Å². The zero-order chi connectivity index (χ0) is 19.5. The molecule has 1 aromatic carbocycles. The van der Waals surface area contributed by atoms with E-state index in [1.807, 2.05) is 18.3 Å². The summed E-state index contributed by atoms with van der Waals surface area (Å²) in [5.74, 6) is 1.71. The number of fused-ring (bicyclic) bond motifs is 1. The van der Waals surface area contributed by atoms with Crippen molar-refractivity contribution < 1.29 is 4.74 Å². The number of hydrogen-bond acceptors (Lipinski definition) is 6. The molecular weight excluding hydrogens is 350 g/mol. The lowest BCUT2D eigenvalue weighted by molar-refractivity contribution is 0.221. The zero-order valence-corrected chi connectivity index (χ0v) is 16.7. The van der Waals surface area contributed by atoms with Gasteiger partial charge in [-0.2, -0.15) is 0 Å². The molecule has 0 radical (unpaired) electrons. The summed E-state index contributed by atoms with van der Waals surface area (Å²) in [4.78, 5) is 15.6. The highest BCUT2D eigenvalue weighted by molar-refractivity contribution is 5.93. The fourth-order valence-electron chi connectivity index (χ4n) is 4.05. The minimum Gasteiger partial charge on any atom is -0.496 e. The van der Waals surface area contributed by atoms with Crippen LogP contribution in [0.15, 0.2) is 43.0 Å². The molecule has 0 atom stereocenters. The molecular formula is C22H27N5O. The monoisotopic (exact) mass is 377 g/mol. The number of nitrogens with zero attached hydrogens (tertiary/aromatic N) is 4. The van der Waals surface area contributed by atoms with Gasteiger partial charge in [0.25, 0.3) is 0 Å². The Labute approximate surface area is 166 Å². The molecule has 0 bridgehead atoms. The lowest BCUT2D eigenvalue weighted by atomic mass is 9.90. The maximum atomic E-state index is 5.50. The van der Waals surface area contributed by atoms with E-state index in [2.05, 4.69) is 51.4 Å². The van der Waals surface area contributed by atoms with Crippen LogP contribution in [-0.4, -0.2) is 53.1 Å². The Morgan fingerprint density at radius 2 is 1.89 bits per heavy atom. The van der Waals surface area contributed by atoms with Crippen LogP contribution in [0.1, 0.15) is 25.7 Å². The van der Waals surface area contributed by atoms with Gasteiger partial charge in [0.05, 0.1) is 12.6 Å². The van der Waals surface area contributed by atoms with E-state index in [1.165, 1.54) is 12.8 Å². The highest BCUT2D eigenvalue weighted by atomic mass is 16.5. The van der Waals surface area contributed by atoms with Crippen LogP contribution < -0.4 is 10.1 Å². The van der Waals surface area contributed by atoms with E-state index in [0.29, 0.717) is 12.1 Å². The average molecular weight is 377 g/mol. The quantitative estimate of drug-likeness (QED) is 0.725. The predicted molar refractivity (Wildman–Crippen MR) is 113 cm³/mol. The van der Waals surface area contributed by atoms with E-state index < -0.39 is 0 Å². The lowest BCUT2D eigenvalue weighted by Gasteiger charge is -2.33. The average Bonchev–Trinajstić information content (AvgIpc) is 2.74. The first-order valence-electron chi connectivity index (χ1n) is 9.82. The molecule has 6 nitrogen and oxygen atoms in total. The molecule has 0 spiro atoms. The second-order valence-corrected chi connectivity index (χ2v) is 7.64. The maximum absolute atomic E-state index is 5.50. The topological polar surface area (TPSA) is 63.2 Å². The number of anilines is 1. The van der Waals surface area contributed by atoms with Crippen molar-refractivity contribution in [1.29, 1.82) is 0 Å². The van der Waals surface area contributed by atoms with E-state index in [1.54, 1.807) is 19.6 Å². The molecule has 4 rings (SSSR count). The SMILES string of the molecule is COc1ccncc1-c1ccc2ncnc(N[C@H]3CC[C@H](N(C)C)CC3)c2c1. The summed E-state index contributed by atoms with van der Waals surface area (Å²) in [6.07, 6.45) is 9.95. The number of ether oxygens (including phenoxy) is 1. The van der Waals surface area contributed by atoms with Gasteiger partial charge in [0, 0.05) is 35.4 Å². The fraction of sp³-hybridized carbons (Fsp3) is 0.409. The third-order valence-electron chi connectivity index (χ3n) is 5.72. The molecule has 0 unspecified atom stereocenters. The highest BCUT2D eigenvalue weighted by Crippen LogP contribution is 2.33. The van der Waals surface area contributed by atoms with E-state index in [0.717, 1.165) is 46.4 Å². The summed E-state index contributed by atoms with van der Waals surface area (Å²) < 4.78 is 5.50. The van der Waals surface area contributed by atoms with Crippen LogP contribution in [0.4, 0.5) is 5.82 Å². The molecule has 6 heteroatoms. The fourth-order valence-corrected chi connectivity index (χ4v) is 4.05. The van der Waals surface area contributed by atoms with Crippen molar-refractivity contribution in [2.24, 2.45) is 0 Å². The lowest BCUT2D eigenvalue weighted by Crippen LogP contribution is -2.36. The van der Waals surface area contributed by atoms with Gasteiger partial charge in [0.1, 0.15) is 17.9 Å². The van der Waals surface area contributed by atoms with E-state index in [-0.39, 0.29) is 0 Å². The van der Waals surface area contributed by atoms with Crippen LogP contribution in [0.5, 0.6) is 5.75 Å². The summed E-state index contributed by atoms with van der Waals surface area (Å²) in [6.45, 7) is 0. The number of benzene rings is 1. The Kier molecular flexibility index (Phi) is 5.39. The van der Waals surface area contributed by atoms with Crippen molar-refractivity contribution in [1.82, 2.24) is 19.9 Å². The number of pyridine rings is 1. The third-order valence-corrected chi connectivity index (χ3v) is 5.72. The van der Waals surface area contributed by atoms with Crippen molar-refractivity contribution in [3.05, 3.63) is 43.0 Å². The van der Waals surface area contributed by atoms with E-state index >= 15 is 0 Å². The number of aromatic nitrogens is 3. The second kappa shape index (κ2) is 8.10. The molecule has 1 fully saturated rings. The van der Waals surface area contributed by atoms with Crippen LogP contribution >= 0.6 is 0 Å². The second-order valence-electron chi connectivity index (χ2n) is 7.64. The van der Waals surface area contributed by atoms with Gasteiger partial charge in [-0.25, -0.2) is 9.97 Å². The van der Waals surface area contributed by atoms with E-state index in [4.69, 9.17) is 4.74 Å². The van der Waals surface area contributed by atoms with Gasteiger partial charge in [0.2, 0.25) is 0 Å². The molecule has 0 aliphatic heterocycles. The standard InChI is InChI=1S/C22H27N5O/c1-27(2)17-7-5-16(6-8-17)26-22-18-12-15(4-9-20(18)24-14-25-22)19-13-23-11-10-21(19)28-3/h4,9-14,16-17H,5-8H2,1-3H3,(H,24,25,26)/t16-,17-. The molecule has 1 aliphatic rings. The predicted octanol–water partition coefficient (Wildman–Crippen LogP) is 3.99. The van der Waals surface area contributed by atoms with Gasteiger partial charge >= 0.3 is 0 Å². The van der Waals surface area contributed by atoms with Crippen LogP contribution in [0.2, 0.25) is 0 Å². The van der Waals surface area contributed by atoms with Crippen LogP contribution in [-0.2, 0) is 0 Å². The minimum absolute atomic E-state index is 0.450. The Balaban J connectivity index is 1.63. The van der Waals surface area contributed by atoms with Crippen LogP contribution in [0, 0.1) is 0 Å². The van der Waals surface area contributed by atoms with Crippen LogP contribution in [0.3, 0.4) is 0 Å². The minimum atomic E-state index is 0.450. The zero-order valence-electron chi connectivity index (χ0n) is 16.7. The third kappa shape index (κ3) is 3.78. The molecule has 1 N–H and O–H groups in total. The van der Waals surface area contributed by atoms with Gasteiger partial charge in [-0.15, -0.1) is 0 Å². The van der Waals surface area contributed by atoms with E-state index in [9.17, 15) is 0 Å². The summed E-state index contributed by atoms with van der Waals surface area (Å²) in [6, 6.07) is 9.23. The van der Waals surface area contributed by atoms with Gasteiger partial charge in [0.15, 0.2) is 0 Å². The molecule has 0 amide bonds.